The summed E-state index contributed by atoms with van der Waals surface area (Å²) in [7, 11) is 0. The number of benzene rings is 1. The number of hydrogen-bond acceptors (Lipinski definition) is 2. The lowest BCUT2D eigenvalue weighted by Crippen LogP contribution is -2.13. The molecule has 16 heavy (non-hydrogen) atoms. The molecule has 0 saturated carbocycles. The first-order valence-corrected chi connectivity index (χ1v) is 6.45. The Morgan fingerprint density at radius 1 is 1.19 bits per heavy atom. The van der Waals surface area contributed by atoms with Crippen molar-refractivity contribution in [3.8, 4) is 0 Å². The van der Waals surface area contributed by atoms with Crippen molar-refractivity contribution >= 4 is 11.3 Å². The number of nitrogens with two attached hydrogens (primary N) is 1. The van der Waals surface area contributed by atoms with Crippen molar-refractivity contribution in [3.05, 3.63) is 57.3 Å². The van der Waals surface area contributed by atoms with Gasteiger partial charge < -0.3 is 5.73 Å². The zero-order valence-corrected chi connectivity index (χ0v) is 10.6. The highest BCUT2D eigenvalue weighted by Gasteiger charge is 2.08. The first-order valence-electron chi connectivity index (χ1n) is 5.50. The normalized spacial score (nSPS) is 12.7. The third kappa shape index (κ3) is 2.52. The molecule has 2 N–H and O–H groups in total. The van der Waals surface area contributed by atoms with Crippen LogP contribution in [-0.4, -0.2) is 0 Å². The van der Waals surface area contributed by atoms with E-state index in [-0.39, 0.29) is 6.04 Å². The van der Waals surface area contributed by atoms with Crippen LogP contribution in [0.1, 0.15) is 28.3 Å². The summed E-state index contributed by atoms with van der Waals surface area (Å²) in [4.78, 5) is 0. The van der Waals surface area contributed by atoms with Crippen molar-refractivity contribution < 1.29 is 0 Å². The largest absolute Gasteiger partial charge is 0.324 e. The Hall–Kier alpha value is -1.12. The molecule has 1 heterocycles. The molecular weight excluding hydrogens is 214 g/mol. The molecule has 0 radical (unpaired) electrons. The number of hydrogen-bond donors (Lipinski definition) is 1. The number of aryl methyl sites for hydroxylation is 2. The van der Waals surface area contributed by atoms with Gasteiger partial charge in [-0.2, -0.15) is 11.3 Å². The highest BCUT2D eigenvalue weighted by molar-refractivity contribution is 7.07. The smallest absolute Gasteiger partial charge is 0.0336 e. The van der Waals surface area contributed by atoms with Crippen molar-refractivity contribution in [1.29, 1.82) is 0 Å². The van der Waals surface area contributed by atoms with Crippen molar-refractivity contribution in [2.45, 2.75) is 26.3 Å². The van der Waals surface area contributed by atoms with Crippen LogP contribution in [0.15, 0.2) is 35.0 Å². The van der Waals surface area contributed by atoms with Crippen LogP contribution in [0.3, 0.4) is 0 Å². The van der Waals surface area contributed by atoms with Gasteiger partial charge in [0.1, 0.15) is 0 Å². The molecule has 1 atom stereocenters. The molecule has 1 aromatic carbocycles. The second kappa shape index (κ2) is 4.81. The van der Waals surface area contributed by atoms with Gasteiger partial charge in [0.15, 0.2) is 0 Å². The van der Waals surface area contributed by atoms with E-state index in [1.165, 1.54) is 22.3 Å². The van der Waals surface area contributed by atoms with E-state index in [0.717, 1.165) is 6.42 Å². The Morgan fingerprint density at radius 2 is 2.00 bits per heavy atom. The van der Waals surface area contributed by atoms with Gasteiger partial charge in [-0.25, -0.2) is 0 Å². The lowest BCUT2D eigenvalue weighted by atomic mass is 9.98. The molecule has 2 heteroatoms. The standard InChI is InChI=1S/C14H17NS/c1-10-3-4-13(7-11(10)2)14(15)8-12-5-6-16-9-12/h3-7,9,14H,8,15H2,1-2H3. The van der Waals surface area contributed by atoms with E-state index < -0.39 is 0 Å². The lowest BCUT2D eigenvalue weighted by molar-refractivity contribution is 0.722. The second-order valence-electron chi connectivity index (χ2n) is 4.29. The fourth-order valence-electron chi connectivity index (χ4n) is 1.78. The maximum absolute atomic E-state index is 6.21. The van der Waals surface area contributed by atoms with Crippen LogP contribution in [0.5, 0.6) is 0 Å². The van der Waals surface area contributed by atoms with Gasteiger partial charge >= 0.3 is 0 Å². The van der Waals surface area contributed by atoms with Crippen LogP contribution in [0.2, 0.25) is 0 Å². The Morgan fingerprint density at radius 3 is 2.62 bits per heavy atom. The summed E-state index contributed by atoms with van der Waals surface area (Å²) in [6.07, 6.45) is 0.923. The molecule has 1 aromatic heterocycles. The fraction of sp³-hybridized carbons (Fsp3) is 0.286. The maximum Gasteiger partial charge on any atom is 0.0336 e. The summed E-state index contributed by atoms with van der Waals surface area (Å²) in [5, 5.41) is 4.27. The van der Waals surface area contributed by atoms with E-state index in [9.17, 15) is 0 Å². The summed E-state index contributed by atoms with van der Waals surface area (Å²) >= 11 is 1.73. The van der Waals surface area contributed by atoms with Crippen LogP contribution in [0.25, 0.3) is 0 Å². The molecule has 1 nitrogen and oxygen atoms in total. The molecule has 2 rings (SSSR count). The van der Waals surface area contributed by atoms with E-state index in [1.807, 2.05) is 0 Å². The molecule has 0 aliphatic heterocycles. The second-order valence-corrected chi connectivity index (χ2v) is 5.07. The Balaban J connectivity index is 2.14. The molecule has 0 bridgehead atoms. The topological polar surface area (TPSA) is 26.0 Å². The molecule has 0 aliphatic rings. The Bertz CT molecular complexity index is 460. The van der Waals surface area contributed by atoms with Gasteiger partial charge in [0.05, 0.1) is 0 Å². The third-order valence-corrected chi connectivity index (χ3v) is 3.73. The van der Waals surface area contributed by atoms with Gasteiger partial charge in [-0.05, 0) is 59.3 Å². The molecule has 1 unspecified atom stereocenters. The van der Waals surface area contributed by atoms with Gasteiger partial charge in [-0.15, -0.1) is 0 Å². The zero-order valence-electron chi connectivity index (χ0n) is 9.73. The summed E-state index contributed by atoms with van der Waals surface area (Å²) in [5.41, 5.74) is 11.4. The summed E-state index contributed by atoms with van der Waals surface area (Å²) in [6.45, 7) is 4.26. The molecule has 0 fully saturated rings. The number of rotatable bonds is 3. The minimum absolute atomic E-state index is 0.105. The molecular formula is C14H17NS. The minimum Gasteiger partial charge on any atom is -0.324 e. The lowest BCUT2D eigenvalue weighted by Gasteiger charge is -2.12. The first-order chi connectivity index (χ1) is 7.66. The molecule has 0 saturated heterocycles. The Labute approximate surface area is 101 Å². The first kappa shape index (κ1) is 11.4. The summed E-state index contributed by atoms with van der Waals surface area (Å²) < 4.78 is 0. The van der Waals surface area contributed by atoms with Gasteiger partial charge in [-0.3, -0.25) is 0 Å². The van der Waals surface area contributed by atoms with Crippen molar-refractivity contribution in [2.75, 3.05) is 0 Å². The van der Waals surface area contributed by atoms with Crippen LogP contribution < -0.4 is 5.73 Å². The molecule has 0 spiro atoms. The molecule has 2 aromatic rings. The van der Waals surface area contributed by atoms with Crippen molar-refractivity contribution in [3.63, 3.8) is 0 Å². The summed E-state index contributed by atoms with van der Waals surface area (Å²) in [5.74, 6) is 0. The van der Waals surface area contributed by atoms with Crippen LogP contribution in [-0.2, 0) is 6.42 Å². The SMILES string of the molecule is Cc1ccc(C(N)Cc2ccsc2)cc1C. The van der Waals surface area contributed by atoms with Gasteiger partial charge in [0.2, 0.25) is 0 Å². The van der Waals surface area contributed by atoms with E-state index >= 15 is 0 Å². The van der Waals surface area contributed by atoms with Crippen molar-refractivity contribution in [1.82, 2.24) is 0 Å². The molecule has 0 amide bonds. The van der Waals surface area contributed by atoms with Crippen LogP contribution in [0.4, 0.5) is 0 Å². The minimum atomic E-state index is 0.105. The zero-order chi connectivity index (χ0) is 11.5. The van der Waals surface area contributed by atoms with Gasteiger partial charge in [0.25, 0.3) is 0 Å². The third-order valence-electron chi connectivity index (χ3n) is 2.99. The van der Waals surface area contributed by atoms with Gasteiger partial charge in [0, 0.05) is 6.04 Å². The predicted molar refractivity (Wildman–Crippen MR) is 70.9 cm³/mol. The summed E-state index contributed by atoms with van der Waals surface area (Å²) in [6, 6.07) is 8.74. The highest BCUT2D eigenvalue weighted by atomic mass is 32.1. The maximum atomic E-state index is 6.21. The quantitative estimate of drug-likeness (QED) is 0.858. The average molecular weight is 231 g/mol. The number of thiophene rings is 1. The molecule has 0 aliphatic carbocycles. The van der Waals surface area contributed by atoms with Crippen LogP contribution >= 0.6 is 11.3 Å². The monoisotopic (exact) mass is 231 g/mol. The molecule has 84 valence electrons. The highest BCUT2D eigenvalue weighted by Crippen LogP contribution is 2.20. The Kier molecular flexibility index (Phi) is 3.42. The predicted octanol–water partition coefficient (Wildman–Crippen LogP) is 3.61. The fourth-order valence-corrected chi connectivity index (χ4v) is 2.46. The van der Waals surface area contributed by atoms with E-state index in [2.05, 4.69) is 48.9 Å². The average Bonchev–Trinajstić information content (AvgIpc) is 2.74. The van der Waals surface area contributed by atoms with E-state index in [0.29, 0.717) is 0 Å². The van der Waals surface area contributed by atoms with Crippen molar-refractivity contribution in [2.24, 2.45) is 5.73 Å². The van der Waals surface area contributed by atoms with E-state index in [1.54, 1.807) is 11.3 Å². The van der Waals surface area contributed by atoms with Crippen LogP contribution in [0, 0.1) is 13.8 Å². The van der Waals surface area contributed by atoms with E-state index in [4.69, 9.17) is 5.73 Å². The van der Waals surface area contributed by atoms with Gasteiger partial charge in [-0.1, -0.05) is 18.2 Å².